The smallest absolute Gasteiger partial charge is 0.398 e. The number of alkyl halides is 3. The van der Waals surface area contributed by atoms with Crippen LogP contribution in [-0.4, -0.2) is 31.2 Å². The molecule has 0 fully saturated rings. The fourth-order valence-electron chi connectivity index (χ4n) is 3.16. The predicted molar refractivity (Wildman–Crippen MR) is 111 cm³/mol. The number of hydrogen-bond donors (Lipinski definition) is 1. The number of oxime groups is 2. The molecule has 0 spiro atoms. The van der Waals surface area contributed by atoms with Crippen LogP contribution in [0.25, 0.3) is 0 Å². The summed E-state index contributed by atoms with van der Waals surface area (Å²) in [6.45, 7) is 1.65. The number of hydrogen-bond acceptors (Lipinski definition) is 5. The van der Waals surface area contributed by atoms with Gasteiger partial charge in [0.15, 0.2) is 0 Å². The number of aryl methyl sites for hydroxylation is 1. The van der Waals surface area contributed by atoms with E-state index in [1.807, 2.05) is 0 Å². The second-order valence-electron chi connectivity index (χ2n) is 6.71. The van der Waals surface area contributed by atoms with Crippen molar-refractivity contribution < 1.29 is 27.6 Å². The minimum atomic E-state index is -4.79. The van der Waals surface area contributed by atoms with E-state index in [9.17, 15) is 18.0 Å². The Morgan fingerprint density at radius 1 is 1.26 bits per heavy atom. The van der Waals surface area contributed by atoms with Crippen LogP contribution in [0.1, 0.15) is 33.5 Å². The van der Waals surface area contributed by atoms with Gasteiger partial charge in [-0.2, -0.15) is 13.2 Å². The maximum Gasteiger partial charge on any atom is 0.435 e. The summed E-state index contributed by atoms with van der Waals surface area (Å²) in [5, 5.41) is 9.63. The zero-order chi connectivity index (χ0) is 22.8. The fraction of sp³-hybridized carbons (Fsp3) is 0.250. The summed E-state index contributed by atoms with van der Waals surface area (Å²) in [6, 6.07) is 8.17. The summed E-state index contributed by atoms with van der Waals surface area (Å²) in [6.07, 6.45) is -4.29. The minimum absolute atomic E-state index is 0.0476. The molecule has 3 rings (SSSR count). The van der Waals surface area contributed by atoms with Gasteiger partial charge in [-0.15, -0.1) is 0 Å². The molecule has 1 heterocycles. The van der Waals surface area contributed by atoms with E-state index in [0.717, 1.165) is 18.5 Å². The fourth-order valence-corrected chi connectivity index (χ4v) is 3.68. The Hall–Kier alpha value is -2.78. The molecule has 1 aliphatic heterocycles. The first-order chi connectivity index (χ1) is 14.6. The highest BCUT2D eigenvalue weighted by Gasteiger charge is 2.62. The molecule has 0 saturated heterocycles. The molecular formula is C20H16Cl2F3N3O3. The molecule has 0 radical (unpaired) electrons. The number of nitrogens with zero attached hydrogens (tertiary/aromatic N) is 2. The number of halogens is 5. The summed E-state index contributed by atoms with van der Waals surface area (Å²) in [5.74, 6) is -0.451. The van der Waals surface area contributed by atoms with Crippen molar-refractivity contribution in [3.8, 4) is 0 Å². The highest BCUT2D eigenvalue weighted by atomic mass is 35.5. The lowest BCUT2D eigenvalue weighted by Gasteiger charge is -2.29. The predicted octanol–water partition coefficient (Wildman–Crippen LogP) is 5.20. The van der Waals surface area contributed by atoms with Crippen LogP contribution in [0.5, 0.6) is 0 Å². The molecule has 0 unspecified atom stereocenters. The van der Waals surface area contributed by atoms with E-state index in [2.05, 4.69) is 20.5 Å². The van der Waals surface area contributed by atoms with Crippen LogP contribution in [0.3, 0.4) is 0 Å². The number of carbonyl (C=O) groups is 1. The Kier molecular flexibility index (Phi) is 6.47. The van der Waals surface area contributed by atoms with Crippen molar-refractivity contribution in [2.45, 2.75) is 25.1 Å². The van der Waals surface area contributed by atoms with Crippen LogP contribution in [0.4, 0.5) is 13.2 Å². The van der Waals surface area contributed by atoms with Gasteiger partial charge in [0, 0.05) is 27.6 Å². The molecule has 2 aromatic carbocycles. The molecule has 0 aromatic heterocycles. The van der Waals surface area contributed by atoms with Gasteiger partial charge in [0.05, 0.1) is 5.71 Å². The van der Waals surface area contributed by atoms with Crippen molar-refractivity contribution in [1.29, 1.82) is 0 Å². The van der Waals surface area contributed by atoms with Crippen molar-refractivity contribution in [1.82, 2.24) is 5.32 Å². The molecule has 0 aliphatic carbocycles. The minimum Gasteiger partial charge on any atom is -0.398 e. The maximum absolute atomic E-state index is 14.1. The number of benzene rings is 2. The summed E-state index contributed by atoms with van der Waals surface area (Å²) < 4.78 is 42.3. The van der Waals surface area contributed by atoms with Crippen LogP contribution in [0, 0.1) is 6.92 Å². The Bertz CT molecular complexity index is 1050. The molecule has 0 saturated carbocycles. The molecule has 31 heavy (non-hydrogen) atoms. The van der Waals surface area contributed by atoms with Gasteiger partial charge < -0.3 is 15.0 Å². The largest absolute Gasteiger partial charge is 0.435 e. The standard InChI is InChI=1S/C20H16Cl2F3N3O3/c1-11-5-12(3-4-16(11)18(29)26-10-27-30-2)17-9-19(31-28-17,20(23,24)25)13-6-14(21)8-15(22)7-13/h3-8,10H,9H2,1-2H3,(H,26,27,29)/t19-/m0/s1. The van der Waals surface area contributed by atoms with Crippen LogP contribution < -0.4 is 5.32 Å². The lowest BCUT2D eigenvalue weighted by Crippen LogP contribution is -2.42. The van der Waals surface area contributed by atoms with Gasteiger partial charge in [0.1, 0.15) is 13.4 Å². The Morgan fingerprint density at radius 2 is 1.94 bits per heavy atom. The zero-order valence-corrected chi connectivity index (χ0v) is 17.8. The molecule has 2 aromatic rings. The summed E-state index contributed by atoms with van der Waals surface area (Å²) >= 11 is 11.8. The average Bonchev–Trinajstić information content (AvgIpc) is 3.14. The highest BCUT2D eigenvalue weighted by Crippen LogP contribution is 2.49. The first-order valence-corrected chi connectivity index (χ1v) is 9.58. The van der Waals surface area contributed by atoms with Crippen LogP contribution in [0.15, 0.2) is 46.7 Å². The highest BCUT2D eigenvalue weighted by molar-refractivity contribution is 6.34. The molecule has 11 heteroatoms. The van der Waals surface area contributed by atoms with Gasteiger partial charge >= 0.3 is 6.18 Å². The molecule has 1 aliphatic rings. The normalized spacial score (nSPS) is 18.6. The second kappa shape index (κ2) is 8.76. The molecule has 164 valence electrons. The molecule has 1 amide bonds. The van der Waals surface area contributed by atoms with Crippen molar-refractivity contribution in [3.63, 3.8) is 0 Å². The van der Waals surface area contributed by atoms with E-state index in [0.29, 0.717) is 16.7 Å². The number of nitrogens with one attached hydrogen (secondary N) is 1. The Labute approximate surface area is 185 Å². The van der Waals surface area contributed by atoms with Crippen molar-refractivity contribution >= 4 is 41.2 Å². The molecule has 6 nitrogen and oxygen atoms in total. The molecule has 0 bridgehead atoms. The maximum atomic E-state index is 14.1. The first kappa shape index (κ1) is 22.9. The van der Waals surface area contributed by atoms with Gasteiger partial charge in [0.25, 0.3) is 11.5 Å². The average molecular weight is 474 g/mol. The lowest BCUT2D eigenvalue weighted by molar-refractivity contribution is -0.275. The van der Waals surface area contributed by atoms with Gasteiger partial charge in [0.2, 0.25) is 0 Å². The van der Waals surface area contributed by atoms with Gasteiger partial charge in [-0.1, -0.05) is 39.6 Å². The SMILES string of the molecule is CO/N=C\NC(=O)c1ccc(C2=NO[C@@](c3cc(Cl)cc(Cl)c3)(C(F)(F)F)C2)cc1C. The number of rotatable bonds is 5. The summed E-state index contributed by atoms with van der Waals surface area (Å²) in [4.78, 5) is 21.6. The van der Waals surface area contributed by atoms with Gasteiger partial charge in [-0.05, 0) is 48.4 Å². The third kappa shape index (κ3) is 4.62. The van der Waals surface area contributed by atoms with Crippen LogP contribution in [0.2, 0.25) is 10.0 Å². The summed E-state index contributed by atoms with van der Waals surface area (Å²) in [7, 11) is 1.32. The zero-order valence-electron chi connectivity index (χ0n) is 16.3. The van der Waals surface area contributed by atoms with Gasteiger partial charge in [-0.3, -0.25) is 4.79 Å². The topological polar surface area (TPSA) is 72.3 Å². The lowest BCUT2D eigenvalue weighted by atomic mass is 9.86. The van der Waals surface area contributed by atoms with E-state index in [-0.39, 0.29) is 21.3 Å². The van der Waals surface area contributed by atoms with Crippen LogP contribution in [-0.2, 0) is 15.3 Å². The molecule has 1 N–H and O–H groups in total. The number of carbonyl (C=O) groups excluding carboxylic acids is 1. The second-order valence-corrected chi connectivity index (χ2v) is 7.58. The van der Waals surface area contributed by atoms with E-state index in [4.69, 9.17) is 28.0 Å². The van der Waals surface area contributed by atoms with Crippen molar-refractivity contribution in [3.05, 3.63) is 68.7 Å². The van der Waals surface area contributed by atoms with E-state index in [1.54, 1.807) is 13.0 Å². The molecular weight excluding hydrogens is 458 g/mol. The Morgan fingerprint density at radius 3 is 2.52 bits per heavy atom. The third-order valence-corrected chi connectivity index (χ3v) is 5.11. The van der Waals surface area contributed by atoms with Crippen molar-refractivity contribution in [2.75, 3.05) is 7.11 Å². The first-order valence-electron chi connectivity index (χ1n) is 8.82. The van der Waals surface area contributed by atoms with Gasteiger partial charge in [-0.25, -0.2) is 0 Å². The number of amides is 1. The van der Waals surface area contributed by atoms with Crippen molar-refractivity contribution in [2.24, 2.45) is 10.3 Å². The van der Waals surface area contributed by atoms with E-state index < -0.39 is 24.1 Å². The van der Waals surface area contributed by atoms with E-state index >= 15 is 0 Å². The Balaban J connectivity index is 1.91. The summed E-state index contributed by atoms with van der Waals surface area (Å²) in [5.41, 5.74) is -1.67. The van der Waals surface area contributed by atoms with Crippen LogP contribution >= 0.6 is 23.2 Å². The van der Waals surface area contributed by atoms with E-state index in [1.165, 1.54) is 25.3 Å². The molecule has 1 atom stereocenters. The quantitative estimate of drug-likeness (QED) is 0.368. The monoisotopic (exact) mass is 473 g/mol. The third-order valence-electron chi connectivity index (χ3n) is 4.67.